The minimum atomic E-state index is -3.54. The van der Waals surface area contributed by atoms with Crippen LogP contribution >= 0.6 is 0 Å². The van der Waals surface area contributed by atoms with Crippen LogP contribution < -0.4 is 0 Å². The van der Waals surface area contributed by atoms with Crippen molar-refractivity contribution in [2.45, 2.75) is 18.4 Å². The molecule has 0 radical (unpaired) electrons. The van der Waals surface area contributed by atoms with Gasteiger partial charge in [0.2, 0.25) is 0 Å². The molecule has 0 fully saturated rings. The summed E-state index contributed by atoms with van der Waals surface area (Å²) in [7, 11) is -3.54. The van der Waals surface area contributed by atoms with Gasteiger partial charge in [0.05, 0.1) is 11.5 Å². The van der Waals surface area contributed by atoms with E-state index in [0.29, 0.717) is 5.56 Å². The van der Waals surface area contributed by atoms with Crippen molar-refractivity contribution in [1.82, 2.24) is 3.97 Å². The van der Waals surface area contributed by atoms with Gasteiger partial charge in [-0.2, -0.15) is 0 Å². The van der Waals surface area contributed by atoms with Gasteiger partial charge in [0.25, 0.3) is 10.0 Å². The highest BCUT2D eigenvalue weighted by Crippen LogP contribution is 2.15. The summed E-state index contributed by atoms with van der Waals surface area (Å²) in [6, 6.07) is 8.23. The molecule has 0 saturated heterocycles. The first kappa shape index (κ1) is 11.9. The highest BCUT2D eigenvalue weighted by Gasteiger charge is 2.15. The van der Waals surface area contributed by atoms with E-state index in [4.69, 9.17) is 5.11 Å². The van der Waals surface area contributed by atoms with Crippen molar-refractivity contribution in [2.24, 2.45) is 0 Å². The fraction of sp³-hybridized carbons (Fsp3) is 0.167. The minimum Gasteiger partial charge on any atom is -0.392 e. The Morgan fingerprint density at radius 3 is 2.35 bits per heavy atom. The summed E-state index contributed by atoms with van der Waals surface area (Å²) in [4.78, 5) is 0.239. The third kappa shape index (κ3) is 2.25. The highest BCUT2D eigenvalue weighted by atomic mass is 32.2. The Hall–Kier alpha value is -1.59. The molecular formula is C12H13NO3S. The van der Waals surface area contributed by atoms with Gasteiger partial charge in [-0.1, -0.05) is 17.7 Å². The van der Waals surface area contributed by atoms with Gasteiger partial charge in [0.1, 0.15) is 0 Å². The molecule has 0 unspecified atom stereocenters. The largest absolute Gasteiger partial charge is 0.392 e. The Morgan fingerprint density at radius 2 is 1.82 bits per heavy atom. The molecule has 1 heterocycles. The van der Waals surface area contributed by atoms with Gasteiger partial charge in [-0.15, -0.1) is 0 Å². The number of aliphatic hydroxyl groups excluding tert-OH is 1. The van der Waals surface area contributed by atoms with Crippen LogP contribution in [0.5, 0.6) is 0 Å². The summed E-state index contributed by atoms with van der Waals surface area (Å²) in [5.41, 5.74) is 1.58. The molecule has 5 heteroatoms. The highest BCUT2D eigenvalue weighted by molar-refractivity contribution is 7.90. The predicted octanol–water partition coefficient (Wildman–Crippen LogP) is 1.53. The molecule has 0 amide bonds. The fourth-order valence-corrected chi connectivity index (χ4v) is 2.71. The lowest BCUT2D eigenvalue weighted by Crippen LogP contribution is -2.10. The quantitative estimate of drug-likeness (QED) is 0.900. The average molecular weight is 251 g/mol. The van der Waals surface area contributed by atoms with Gasteiger partial charge in [0.15, 0.2) is 0 Å². The monoisotopic (exact) mass is 251 g/mol. The van der Waals surface area contributed by atoms with E-state index in [-0.39, 0.29) is 11.5 Å². The van der Waals surface area contributed by atoms with Crippen LogP contribution in [0.2, 0.25) is 0 Å². The molecule has 0 bridgehead atoms. The zero-order valence-electron chi connectivity index (χ0n) is 9.37. The van der Waals surface area contributed by atoms with Gasteiger partial charge in [-0.25, -0.2) is 12.4 Å². The zero-order valence-corrected chi connectivity index (χ0v) is 10.2. The first-order valence-electron chi connectivity index (χ1n) is 5.14. The summed E-state index contributed by atoms with van der Waals surface area (Å²) in [5, 5.41) is 8.92. The summed E-state index contributed by atoms with van der Waals surface area (Å²) in [6.45, 7) is 1.73. The molecule has 0 atom stereocenters. The van der Waals surface area contributed by atoms with Crippen LogP contribution in [0.4, 0.5) is 0 Å². The van der Waals surface area contributed by atoms with E-state index >= 15 is 0 Å². The molecule has 2 rings (SSSR count). The van der Waals surface area contributed by atoms with Gasteiger partial charge in [-0.05, 0) is 30.7 Å². The van der Waals surface area contributed by atoms with Crippen LogP contribution in [0.3, 0.4) is 0 Å². The fourth-order valence-electron chi connectivity index (χ4n) is 1.49. The Bertz CT molecular complexity index is 611. The van der Waals surface area contributed by atoms with Crippen molar-refractivity contribution in [3.8, 4) is 0 Å². The standard InChI is InChI=1S/C12H13NO3S/c1-10-2-4-12(5-3-10)17(15,16)13-7-6-11(8-13)9-14/h2-8,14H,9H2,1H3. The Kier molecular flexibility index (Phi) is 3.04. The molecule has 1 aromatic heterocycles. The van der Waals surface area contributed by atoms with Gasteiger partial charge >= 0.3 is 0 Å². The van der Waals surface area contributed by atoms with Crippen molar-refractivity contribution in [3.63, 3.8) is 0 Å². The lowest BCUT2D eigenvalue weighted by molar-refractivity contribution is 0.282. The molecule has 4 nitrogen and oxygen atoms in total. The topological polar surface area (TPSA) is 59.3 Å². The van der Waals surface area contributed by atoms with E-state index in [1.54, 1.807) is 30.3 Å². The van der Waals surface area contributed by atoms with Crippen molar-refractivity contribution in [3.05, 3.63) is 53.9 Å². The second-order valence-electron chi connectivity index (χ2n) is 3.83. The summed E-state index contributed by atoms with van der Waals surface area (Å²) >= 11 is 0. The first-order chi connectivity index (χ1) is 8.04. The number of hydrogen-bond donors (Lipinski definition) is 1. The maximum absolute atomic E-state index is 12.2. The van der Waals surface area contributed by atoms with Crippen molar-refractivity contribution in [1.29, 1.82) is 0 Å². The van der Waals surface area contributed by atoms with Crippen molar-refractivity contribution in [2.75, 3.05) is 0 Å². The van der Waals surface area contributed by atoms with Crippen LogP contribution in [0.1, 0.15) is 11.1 Å². The van der Waals surface area contributed by atoms with Gasteiger partial charge in [0, 0.05) is 12.4 Å². The second kappa shape index (κ2) is 4.35. The Morgan fingerprint density at radius 1 is 1.18 bits per heavy atom. The third-order valence-corrected chi connectivity index (χ3v) is 4.16. The SMILES string of the molecule is Cc1ccc(S(=O)(=O)n2ccc(CO)c2)cc1. The average Bonchev–Trinajstić information content (AvgIpc) is 2.78. The van der Waals surface area contributed by atoms with Gasteiger partial charge in [-0.3, -0.25) is 0 Å². The molecule has 2 aromatic rings. The van der Waals surface area contributed by atoms with Gasteiger partial charge < -0.3 is 5.11 Å². The minimum absolute atomic E-state index is 0.170. The molecule has 0 saturated carbocycles. The number of nitrogens with zero attached hydrogens (tertiary/aromatic N) is 1. The number of aromatic nitrogens is 1. The normalized spacial score (nSPS) is 11.6. The zero-order chi connectivity index (χ0) is 12.5. The number of benzene rings is 1. The van der Waals surface area contributed by atoms with Crippen LogP contribution in [-0.2, 0) is 16.6 Å². The lowest BCUT2D eigenvalue weighted by Gasteiger charge is -2.05. The van der Waals surface area contributed by atoms with E-state index < -0.39 is 10.0 Å². The van der Waals surface area contributed by atoms with E-state index in [9.17, 15) is 8.42 Å². The molecule has 1 aromatic carbocycles. The van der Waals surface area contributed by atoms with Crippen LogP contribution in [0, 0.1) is 6.92 Å². The second-order valence-corrected chi connectivity index (χ2v) is 5.67. The summed E-state index contributed by atoms with van der Waals surface area (Å²) in [5.74, 6) is 0. The lowest BCUT2D eigenvalue weighted by atomic mass is 10.2. The predicted molar refractivity (Wildman–Crippen MR) is 64.1 cm³/mol. The molecule has 90 valence electrons. The Balaban J connectivity index is 2.46. The van der Waals surface area contributed by atoms with Crippen molar-refractivity contribution < 1.29 is 13.5 Å². The van der Waals surface area contributed by atoms with E-state index in [2.05, 4.69) is 0 Å². The number of hydrogen-bond acceptors (Lipinski definition) is 3. The van der Waals surface area contributed by atoms with E-state index in [1.807, 2.05) is 6.92 Å². The maximum Gasteiger partial charge on any atom is 0.267 e. The van der Waals surface area contributed by atoms with Crippen LogP contribution in [0.15, 0.2) is 47.6 Å². The number of aliphatic hydroxyl groups is 1. The number of aryl methyl sites for hydroxylation is 1. The molecule has 0 aliphatic carbocycles. The van der Waals surface area contributed by atoms with Crippen LogP contribution in [-0.4, -0.2) is 17.5 Å². The van der Waals surface area contributed by atoms with E-state index in [1.165, 1.54) is 12.4 Å². The van der Waals surface area contributed by atoms with Crippen LogP contribution in [0.25, 0.3) is 0 Å². The number of rotatable bonds is 3. The smallest absolute Gasteiger partial charge is 0.267 e. The summed E-state index contributed by atoms with van der Waals surface area (Å²) < 4.78 is 25.4. The molecule has 0 aliphatic rings. The first-order valence-corrected chi connectivity index (χ1v) is 6.58. The molecular weight excluding hydrogens is 238 g/mol. The summed E-state index contributed by atoms with van der Waals surface area (Å²) in [6.07, 6.45) is 2.84. The van der Waals surface area contributed by atoms with E-state index in [0.717, 1.165) is 9.54 Å². The maximum atomic E-state index is 12.2. The molecule has 0 aliphatic heterocycles. The molecule has 17 heavy (non-hydrogen) atoms. The molecule has 0 spiro atoms. The molecule has 1 N–H and O–H groups in total. The third-order valence-electron chi connectivity index (χ3n) is 2.51. The van der Waals surface area contributed by atoms with Crippen molar-refractivity contribution >= 4 is 10.0 Å². The Labute approximate surface area is 100 Å².